The van der Waals surface area contributed by atoms with E-state index in [0.717, 1.165) is 0 Å². The van der Waals surface area contributed by atoms with Gasteiger partial charge < -0.3 is 24.4 Å². The van der Waals surface area contributed by atoms with Crippen molar-refractivity contribution in [1.29, 1.82) is 5.26 Å². The van der Waals surface area contributed by atoms with Crippen LogP contribution in [0.5, 0.6) is 17.2 Å². The molecule has 4 rings (SSSR count). The molecule has 2 N–H and O–H groups in total. The van der Waals surface area contributed by atoms with E-state index in [0.29, 0.717) is 45.0 Å². The van der Waals surface area contributed by atoms with Gasteiger partial charge in [-0.15, -0.1) is 0 Å². The van der Waals surface area contributed by atoms with E-state index in [1.807, 2.05) is 6.92 Å². The van der Waals surface area contributed by atoms with E-state index in [9.17, 15) is 10.1 Å². The fraction of sp³-hybridized carbons (Fsp3) is 0.200. The Labute approximate surface area is 205 Å². The highest BCUT2D eigenvalue weighted by molar-refractivity contribution is 6.35. The quantitative estimate of drug-likeness (QED) is 0.481. The number of ether oxygens (including phenoxy) is 3. The van der Waals surface area contributed by atoms with Crippen molar-refractivity contribution in [2.75, 3.05) is 6.61 Å². The highest BCUT2D eigenvalue weighted by Gasteiger charge is 2.36. The van der Waals surface area contributed by atoms with Crippen molar-refractivity contribution < 1.29 is 18.6 Å². The van der Waals surface area contributed by atoms with Crippen molar-refractivity contribution in [2.45, 2.75) is 26.4 Å². The molecule has 34 heavy (non-hydrogen) atoms. The van der Waals surface area contributed by atoms with E-state index < -0.39 is 11.5 Å². The number of hydrogen-bond donors (Lipinski definition) is 1. The molecule has 0 radical (unpaired) electrons. The highest BCUT2D eigenvalue weighted by Crippen LogP contribution is 2.46. The van der Waals surface area contributed by atoms with Gasteiger partial charge in [-0.3, -0.25) is 0 Å². The lowest BCUT2D eigenvalue weighted by molar-refractivity contribution is 0.265. The lowest BCUT2D eigenvalue weighted by Gasteiger charge is -2.27. The normalized spacial score (nSPS) is 14.7. The molecule has 7 nitrogen and oxygen atoms in total. The van der Waals surface area contributed by atoms with Crippen LogP contribution in [0.25, 0.3) is 0 Å². The molecule has 1 unspecified atom stereocenters. The largest absolute Gasteiger partial charge is 0.490 e. The minimum atomic E-state index is -0.887. The number of halogens is 2. The number of fused-ring (bicyclic) bond motifs is 1. The first kappa shape index (κ1) is 23.6. The van der Waals surface area contributed by atoms with Crippen molar-refractivity contribution in [3.05, 3.63) is 96.8 Å². The van der Waals surface area contributed by atoms with Crippen LogP contribution >= 0.6 is 23.2 Å². The van der Waals surface area contributed by atoms with Gasteiger partial charge in [0.05, 0.1) is 18.1 Å². The molecule has 174 valence electrons. The number of rotatable bonds is 6. The van der Waals surface area contributed by atoms with Gasteiger partial charge in [0.25, 0.3) is 0 Å². The van der Waals surface area contributed by atoms with Crippen LogP contribution in [-0.2, 0) is 6.61 Å². The van der Waals surface area contributed by atoms with Crippen molar-refractivity contribution in [3.63, 3.8) is 0 Å². The standard InChI is InChI=1S/C25H20Cl2N2O5/c1-3-31-19-6-4-5-16(23(19)32-12-14-7-8-15(26)10-18(14)27)21-17(11-28)24(29)34-20-9-13(2)33-25(30)22(20)21/h4-10,21H,3,12,29H2,1-2H3. The monoisotopic (exact) mass is 498 g/mol. The molecule has 0 spiro atoms. The zero-order valence-electron chi connectivity index (χ0n) is 18.4. The first-order valence-corrected chi connectivity index (χ1v) is 11.1. The molecule has 0 saturated heterocycles. The SMILES string of the molecule is CCOc1cccc(C2C(C#N)=C(N)Oc3cc(C)oc(=O)c32)c1OCc1ccc(Cl)cc1Cl. The maximum Gasteiger partial charge on any atom is 0.343 e. The first-order chi connectivity index (χ1) is 16.3. The Balaban J connectivity index is 1.88. The second kappa shape index (κ2) is 9.72. The summed E-state index contributed by atoms with van der Waals surface area (Å²) in [5.41, 5.74) is 6.85. The number of benzene rings is 2. The summed E-state index contributed by atoms with van der Waals surface area (Å²) in [6, 6.07) is 13.9. The average molecular weight is 499 g/mol. The summed E-state index contributed by atoms with van der Waals surface area (Å²) in [6.45, 7) is 3.93. The van der Waals surface area contributed by atoms with Gasteiger partial charge in [0.15, 0.2) is 11.5 Å². The fourth-order valence-electron chi connectivity index (χ4n) is 3.80. The summed E-state index contributed by atoms with van der Waals surface area (Å²) in [5.74, 6) is 0.371. The predicted molar refractivity (Wildman–Crippen MR) is 127 cm³/mol. The molecule has 1 aliphatic heterocycles. The van der Waals surface area contributed by atoms with Gasteiger partial charge in [-0.1, -0.05) is 41.4 Å². The summed E-state index contributed by atoms with van der Waals surface area (Å²) < 4.78 is 22.9. The van der Waals surface area contributed by atoms with E-state index in [1.54, 1.807) is 49.4 Å². The maximum absolute atomic E-state index is 12.9. The van der Waals surface area contributed by atoms with E-state index >= 15 is 0 Å². The third-order valence-electron chi connectivity index (χ3n) is 5.26. The Bertz CT molecular complexity index is 1390. The van der Waals surface area contributed by atoms with Gasteiger partial charge in [0.2, 0.25) is 5.88 Å². The number of nitrogens with zero attached hydrogens (tertiary/aromatic N) is 1. The Kier molecular flexibility index (Phi) is 6.73. The van der Waals surface area contributed by atoms with Crippen LogP contribution in [-0.4, -0.2) is 6.61 Å². The van der Waals surface area contributed by atoms with Crippen LogP contribution < -0.4 is 25.6 Å². The molecule has 0 amide bonds. The molecular formula is C25H20Cl2N2O5. The van der Waals surface area contributed by atoms with Crippen LogP contribution in [0.4, 0.5) is 0 Å². The second-order valence-electron chi connectivity index (χ2n) is 7.48. The summed E-state index contributed by atoms with van der Waals surface area (Å²) in [5, 5.41) is 10.8. The number of aryl methyl sites for hydroxylation is 1. The Morgan fingerprint density at radius 1 is 1.18 bits per heavy atom. The van der Waals surface area contributed by atoms with E-state index in [1.165, 1.54) is 0 Å². The van der Waals surface area contributed by atoms with Crippen molar-refractivity contribution in [1.82, 2.24) is 0 Å². The van der Waals surface area contributed by atoms with Crippen LogP contribution in [0.2, 0.25) is 10.0 Å². The fourth-order valence-corrected chi connectivity index (χ4v) is 4.26. The van der Waals surface area contributed by atoms with Crippen molar-refractivity contribution in [3.8, 4) is 23.3 Å². The summed E-state index contributed by atoms with van der Waals surface area (Å²) in [4.78, 5) is 12.9. The van der Waals surface area contributed by atoms with Crippen LogP contribution in [0.1, 0.15) is 35.3 Å². The van der Waals surface area contributed by atoms with Crippen LogP contribution in [0, 0.1) is 18.3 Å². The minimum Gasteiger partial charge on any atom is -0.490 e. The second-order valence-corrected chi connectivity index (χ2v) is 8.32. The van der Waals surface area contributed by atoms with Gasteiger partial charge in [0, 0.05) is 27.2 Å². The smallest absolute Gasteiger partial charge is 0.343 e. The van der Waals surface area contributed by atoms with Gasteiger partial charge in [-0.25, -0.2) is 4.79 Å². The Morgan fingerprint density at radius 2 is 1.97 bits per heavy atom. The molecule has 9 heteroatoms. The molecule has 1 aliphatic rings. The minimum absolute atomic E-state index is 0.0617. The van der Waals surface area contributed by atoms with Gasteiger partial charge in [-0.05, 0) is 32.0 Å². The summed E-state index contributed by atoms with van der Waals surface area (Å²) >= 11 is 12.3. The first-order valence-electron chi connectivity index (χ1n) is 10.4. The summed E-state index contributed by atoms with van der Waals surface area (Å²) in [7, 11) is 0. The molecule has 1 atom stereocenters. The zero-order chi connectivity index (χ0) is 24.4. The zero-order valence-corrected chi connectivity index (χ0v) is 19.9. The maximum atomic E-state index is 12.9. The Hall–Kier alpha value is -3.60. The van der Waals surface area contributed by atoms with E-state index in [4.69, 9.17) is 47.6 Å². The third kappa shape index (κ3) is 4.43. The molecular weight excluding hydrogens is 479 g/mol. The van der Waals surface area contributed by atoms with Crippen molar-refractivity contribution in [2.24, 2.45) is 5.73 Å². The Morgan fingerprint density at radius 3 is 2.68 bits per heavy atom. The number of allylic oxidation sites excluding steroid dienone is 1. The number of nitrogens with two attached hydrogens (primary N) is 1. The lowest BCUT2D eigenvalue weighted by Crippen LogP contribution is -2.26. The molecule has 2 heterocycles. The molecule has 0 aliphatic carbocycles. The third-order valence-corrected chi connectivity index (χ3v) is 5.85. The van der Waals surface area contributed by atoms with Crippen molar-refractivity contribution >= 4 is 23.2 Å². The van der Waals surface area contributed by atoms with Gasteiger partial charge in [-0.2, -0.15) is 5.26 Å². The number of hydrogen-bond acceptors (Lipinski definition) is 7. The highest BCUT2D eigenvalue weighted by atomic mass is 35.5. The molecule has 2 aromatic carbocycles. The van der Waals surface area contributed by atoms with Gasteiger partial charge in [0.1, 0.15) is 29.8 Å². The van der Waals surface area contributed by atoms with Crippen LogP contribution in [0.15, 0.2) is 63.1 Å². The van der Waals surface area contributed by atoms with Crippen LogP contribution in [0.3, 0.4) is 0 Å². The molecule has 3 aromatic rings. The predicted octanol–water partition coefficient (Wildman–Crippen LogP) is 5.45. The topological polar surface area (TPSA) is 108 Å². The van der Waals surface area contributed by atoms with Gasteiger partial charge >= 0.3 is 5.63 Å². The lowest BCUT2D eigenvalue weighted by atomic mass is 9.83. The van der Waals surface area contributed by atoms with E-state index in [-0.39, 0.29) is 29.4 Å². The molecule has 0 bridgehead atoms. The molecule has 1 aromatic heterocycles. The number of para-hydroxylation sites is 1. The number of nitriles is 1. The molecule has 0 fully saturated rings. The average Bonchev–Trinajstić information content (AvgIpc) is 2.78. The summed E-state index contributed by atoms with van der Waals surface area (Å²) in [6.07, 6.45) is 0. The van der Waals surface area contributed by atoms with E-state index in [2.05, 4.69) is 6.07 Å². The molecule has 0 saturated carbocycles.